The van der Waals surface area contributed by atoms with Crippen LogP contribution in [0.5, 0.6) is 0 Å². The number of hydrogen-bond donors (Lipinski definition) is 1. The first kappa shape index (κ1) is 16.7. The lowest BCUT2D eigenvalue weighted by atomic mass is 10.2. The van der Waals surface area contributed by atoms with Crippen LogP contribution in [0.1, 0.15) is 17.7 Å². The van der Waals surface area contributed by atoms with E-state index >= 15 is 0 Å². The number of amides is 1. The average molecular weight is 338 g/mol. The molecule has 0 spiro atoms. The predicted molar refractivity (Wildman–Crippen MR) is 101 cm³/mol. The first-order valence-electron chi connectivity index (χ1n) is 8.13. The van der Waals surface area contributed by atoms with Gasteiger partial charge in [-0.1, -0.05) is 47.7 Å². The van der Waals surface area contributed by atoms with Gasteiger partial charge in [0.1, 0.15) is 0 Å². The zero-order valence-electron chi connectivity index (χ0n) is 14.3. The van der Waals surface area contributed by atoms with Crippen LogP contribution in [0.4, 0.5) is 0 Å². The molecule has 124 valence electrons. The molecule has 3 rings (SSSR count). The fourth-order valence-corrected chi connectivity index (χ4v) is 3.93. The van der Waals surface area contributed by atoms with Crippen molar-refractivity contribution in [3.63, 3.8) is 0 Å². The molecule has 3 nitrogen and oxygen atoms in total. The van der Waals surface area contributed by atoms with Gasteiger partial charge >= 0.3 is 0 Å². The number of aryl methyl sites for hydroxylation is 2. The van der Waals surface area contributed by atoms with E-state index in [-0.39, 0.29) is 5.91 Å². The number of carbonyl (C=O) groups excluding carboxylic acids is 1. The SMILES string of the molecule is CNC(=O)CCn1c(C)c(Sc2ccc(C)cc2)c2ccccc21. The summed E-state index contributed by atoms with van der Waals surface area (Å²) < 4.78 is 2.25. The smallest absolute Gasteiger partial charge is 0.221 e. The van der Waals surface area contributed by atoms with Gasteiger partial charge in [0, 0.05) is 46.4 Å². The Labute approximate surface area is 147 Å². The van der Waals surface area contributed by atoms with Crippen LogP contribution in [0.2, 0.25) is 0 Å². The molecule has 0 atom stereocenters. The third-order valence-corrected chi connectivity index (χ3v) is 5.48. The van der Waals surface area contributed by atoms with Crippen molar-refractivity contribution in [2.24, 2.45) is 0 Å². The van der Waals surface area contributed by atoms with Crippen LogP contribution in [0.25, 0.3) is 10.9 Å². The molecule has 0 unspecified atom stereocenters. The summed E-state index contributed by atoms with van der Waals surface area (Å²) in [6.45, 7) is 4.94. The van der Waals surface area contributed by atoms with Gasteiger partial charge in [-0.25, -0.2) is 0 Å². The number of carbonyl (C=O) groups is 1. The van der Waals surface area contributed by atoms with Crippen molar-refractivity contribution in [2.75, 3.05) is 7.05 Å². The van der Waals surface area contributed by atoms with E-state index in [2.05, 4.69) is 72.3 Å². The highest BCUT2D eigenvalue weighted by Crippen LogP contribution is 2.38. The Balaban J connectivity index is 1.99. The maximum Gasteiger partial charge on any atom is 0.221 e. The fourth-order valence-electron chi connectivity index (χ4n) is 2.88. The van der Waals surface area contributed by atoms with E-state index in [0.717, 1.165) is 0 Å². The van der Waals surface area contributed by atoms with Crippen molar-refractivity contribution in [3.8, 4) is 0 Å². The van der Waals surface area contributed by atoms with Gasteiger partial charge in [-0.2, -0.15) is 0 Å². The van der Waals surface area contributed by atoms with E-state index in [0.29, 0.717) is 13.0 Å². The molecule has 0 saturated carbocycles. The van der Waals surface area contributed by atoms with E-state index in [4.69, 9.17) is 0 Å². The van der Waals surface area contributed by atoms with Gasteiger partial charge in [-0.05, 0) is 32.0 Å². The lowest BCUT2D eigenvalue weighted by molar-refractivity contribution is -0.120. The quantitative estimate of drug-likeness (QED) is 0.741. The van der Waals surface area contributed by atoms with Crippen molar-refractivity contribution in [3.05, 3.63) is 59.8 Å². The number of para-hydroxylation sites is 1. The molecule has 24 heavy (non-hydrogen) atoms. The molecule has 0 saturated heterocycles. The molecule has 0 aliphatic heterocycles. The molecule has 1 aromatic heterocycles. The highest BCUT2D eigenvalue weighted by Gasteiger charge is 2.15. The zero-order valence-corrected chi connectivity index (χ0v) is 15.1. The number of rotatable bonds is 5. The van der Waals surface area contributed by atoms with Crippen LogP contribution in [0.15, 0.2) is 58.3 Å². The largest absolute Gasteiger partial charge is 0.359 e. The minimum Gasteiger partial charge on any atom is -0.359 e. The van der Waals surface area contributed by atoms with E-state index in [1.165, 1.54) is 32.0 Å². The highest BCUT2D eigenvalue weighted by molar-refractivity contribution is 7.99. The van der Waals surface area contributed by atoms with Crippen LogP contribution in [-0.2, 0) is 11.3 Å². The summed E-state index contributed by atoms with van der Waals surface area (Å²) in [5.74, 6) is 0.0694. The summed E-state index contributed by atoms with van der Waals surface area (Å²) in [6.07, 6.45) is 0.491. The molecule has 0 fully saturated rings. The van der Waals surface area contributed by atoms with Gasteiger partial charge in [0.2, 0.25) is 5.91 Å². The molecule has 3 aromatic rings. The minimum atomic E-state index is 0.0694. The Morgan fingerprint density at radius 3 is 2.50 bits per heavy atom. The third kappa shape index (κ3) is 3.34. The molecule has 2 aromatic carbocycles. The van der Waals surface area contributed by atoms with Crippen LogP contribution in [-0.4, -0.2) is 17.5 Å². The number of fused-ring (bicyclic) bond motifs is 1. The van der Waals surface area contributed by atoms with Gasteiger partial charge in [0.25, 0.3) is 0 Å². The van der Waals surface area contributed by atoms with Crippen LogP contribution in [0, 0.1) is 13.8 Å². The predicted octanol–water partition coefficient (Wildman–Crippen LogP) is 4.55. The Morgan fingerprint density at radius 1 is 1.08 bits per heavy atom. The van der Waals surface area contributed by atoms with Crippen LogP contribution in [0.3, 0.4) is 0 Å². The van der Waals surface area contributed by atoms with E-state index in [1.54, 1.807) is 18.8 Å². The maximum atomic E-state index is 11.6. The standard InChI is InChI=1S/C20H22N2OS/c1-14-8-10-16(11-9-14)24-20-15(2)22(13-12-19(23)21-3)18-7-5-4-6-17(18)20/h4-11H,12-13H2,1-3H3,(H,21,23). The lowest BCUT2D eigenvalue weighted by Gasteiger charge is -2.08. The first-order valence-corrected chi connectivity index (χ1v) is 8.94. The summed E-state index contributed by atoms with van der Waals surface area (Å²) >= 11 is 1.79. The van der Waals surface area contributed by atoms with Gasteiger partial charge < -0.3 is 9.88 Å². The van der Waals surface area contributed by atoms with Crippen molar-refractivity contribution in [1.29, 1.82) is 0 Å². The second-order valence-corrected chi connectivity index (χ2v) is 7.01. The third-order valence-electron chi connectivity index (χ3n) is 4.26. The summed E-state index contributed by atoms with van der Waals surface area (Å²) in [7, 11) is 1.68. The summed E-state index contributed by atoms with van der Waals surface area (Å²) in [6, 6.07) is 17.0. The number of nitrogens with one attached hydrogen (secondary N) is 1. The molecule has 0 bridgehead atoms. The second-order valence-electron chi connectivity index (χ2n) is 5.92. The van der Waals surface area contributed by atoms with Crippen molar-refractivity contribution >= 4 is 28.6 Å². The molecular weight excluding hydrogens is 316 g/mol. The number of nitrogens with zero attached hydrogens (tertiary/aromatic N) is 1. The summed E-state index contributed by atoms with van der Waals surface area (Å²) in [4.78, 5) is 14.1. The normalized spacial score (nSPS) is 11.0. The lowest BCUT2D eigenvalue weighted by Crippen LogP contribution is -2.19. The van der Waals surface area contributed by atoms with E-state index < -0.39 is 0 Å². The zero-order chi connectivity index (χ0) is 17.1. The molecule has 4 heteroatoms. The Hall–Kier alpha value is -2.20. The summed E-state index contributed by atoms with van der Waals surface area (Å²) in [5.41, 5.74) is 3.67. The van der Waals surface area contributed by atoms with E-state index in [9.17, 15) is 4.79 Å². The monoisotopic (exact) mass is 338 g/mol. The second kappa shape index (κ2) is 7.14. The Kier molecular flexibility index (Phi) is 4.95. The maximum absolute atomic E-state index is 11.6. The van der Waals surface area contributed by atoms with E-state index in [1.807, 2.05) is 0 Å². The van der Waals surface area contributed by atoms with Crippen molar-refractivity contribution in [2.45, 2.75) is 36.6 Å². The minimum absolute atomic E-state index is 0.0694. The Morgan fingerprint density at radius 2 is 1.79 bits per heavy atom. The van der Waals surface area contributed by atoms with Crippen LogP contribution >= 0.6 is 11.8 Å². The first-order chi connectivity index (χ1) is 11.6. The number of aromatic nitrogens is 1. The Bertz CT molecular complexity index is 865. The molecule has 0 radical (unpaired) electrons. The van der Waals surface area contributed by atoms with Gasteiger partial charge in [-0.15, -0.1) is 0 Å². The number of hydrogen-bond acceptors (Lipinski definition) is 2. The molecule has 0 aliphatic rings. The van der Waals surface area contributed by atoms with Gasteiger partial charge in [0.05, 0.1) is 0 Å². The van der Waals surface area contributed by atoms with Crippen molar-refractivity contribution < 1.29 is 4.79 Å². The van der Waals surface area contributed by atoms with Gasteiger partial charge in [0.15, 0.2) is 0 Å². The molecule has 1 N–H and O–H groups in total. The van der Waals surface area contributed by atoms with Gasteiger partial charge in [-0.3, -0.25) is 4.79 Å². The van der Waals surface area contributed by atoms with Crippen molar-refractivity contribution in [1.82, 2.24) is 9.88 Å². The summed E-state index contributed by atoms with van der Waals surface area (Å²) in [5, 5.41) is 3.94. The molecule has 1 heterocycles. The topological polar surface area (TPSA) is 34.0 Å². The average Bonchev–Trinajstić information content (AvgIpc) is 2.86. The molecule has 1 amide bonds. The highest BCUT2D eigenvalue weighted by atomic mass is 32.2. The van der Waals surface area contributed by atoms with Crippen LogP contribution < -0.4 is 5.32 Å². The fraction of sp³-hybridized carbons (Fsp3) is 0.250. The number of benzene rings is 2. The molecule has 0 aliphatic carbocycles. The molecular formula is C20H22N2OS.